The minimum absolute atomic E-state index is 0.0254. The number of hydrogen-bond acceptors (Lipinski definition) is 8. The van der Waals surface area contributed by atoms with Crippen LogP contribution in [-0.4, -0.2) is 63.9 Å². The van der Waals surface area contributed by atoms with Crippen LogP contribution in [0.15, 0.2) is 103 Å². The first-order chi connectivity index (χ1) is 23.9. The maximum Gasteiger partial charge on any atom is 0.325 e. The molecule has 2 fully saturated rings. The smallest absolute Gasteiger partial charge is 0.325 e. The molecular weight excluding hydrogens is 624 g/mol. The molecule has 3 heterocycles. The molecule has 248 valence electrons. The second kappa shape index (κ2) is 13.2. The van der Waals surface area contributed by atoms with Gasteiger partial charge in [-0.3, -0.25) is 19.3 Å². The zero-order valence-electron chi connectivity index (χ0n) is 26.4. The average Bonchev–Trinajstić information content (AvgIpc) is 3.60. The lowest BCUT2D eigenvalue weighted by molar-refractivity contribution is -0.179. The van der Waals surface area contributed by atoms with Crippen molar-refractivity contribution in [2.45, 2.75) is 36.1 Å². The molecule has 4 aromatic carbocycles. The standard InChI is InChI=1S/C39H34N2O8/c42-19-8-7-10-24-17-18-30-29(22-24)39(38(47)40-30)31(36(44)45)33-37(46)49-34(26-13-5-2-6-14-26)32(25-11-3-1-4-12-25)41(33)35(39)27-15-9-16-28(23-27)48-21-20-43/h1-6,9,11-18,22-23,31-35,42-43H,8,19-21H2,(H,40,47)(H,44,45). The summed E-state index contributed by atoms with van der Waals surface area (Å²) in [6.07, 6.45) is -0.602. The Labute approximate surface area is 282 Å². The van der Waals surface area contributed by atoms with E-state index >= 15 is 0 Å². The van der Waals surface area contributed by atoms with Crippen LogP contribution in [0.4, 0.5) is 5.69 Å². The number of hydrogen-bond donors (Lipinski definition) is 4. The molecule has 0 radical (unpaired) electrons. The quantitative estimate of drug-likeness (QED) is 0.162. The van der Waals surface area contributed by atoms with Gasteiger partial charge in [-0.2, -0.15) is 0 Å². The molecule has 10 heteroatoms. The van der Waals surface area contributed by atoms with Gasteiger partial charge >= 0.3 is 11.9 Å². The number of nitrogens with zero attached hydrogens (tertiary/aromatic N) is 1. The number of carboxylic acid groups (broad SMARTS) is 1. The van der Waals surface area contributed by atoms with E-state index in [0.717, 1.165) is 5.56 Å². The molecule has 10 nitrogen and oxygen atoms in total. The van der Waals surface area contributed by atoms with Gasteiger partial charge in [0.25, 0.3) is 0 Å². The Morgan fingerprint density at radius 2 is 1.57 bits per heavy atom. The van der Waals surface area contributed by atoms with E-state index in [-0.39, 0.29) is 26.2 Å². The molecule has 2 saturated heterocycles. The number of carbonyl (C=O) groups excluding carboxylic acids is 2. The van der Waals surface area contributed by atoms with Gasteiger partial charge in [0.15, 0.2) is 0 Å². The fourth-order valence-electron chi connectivity index (χ4n) is 7.81. The fraction of sp³-hybridized carbons (Fsp3) is 0.256. The Hall–Kier alpha value is -5.47. The molecule has 0 aliphatic carbocycles. The fourth-order valence-corrected chi connectivity index (χ4v) is 7.81. The summed E-state index contributed by atoms with van der Waals surface area (Å²) in [5.74, 6) is 2.12. The van der Waals surface area contributed by atoms with E-state index in [1.54, 1.807) is 42.5 Å². The first-order valence-corrected chi connectivity index (χ1v) is 16.1. The van der Waals surface area contributed by atoms with Crippen molar-refractivity contribution in [2.24, 2.45) is 5.92 Å². The normalized spacial score (nSPS) is 25.5. The number of carbonyl (C=O) groups is 3. The highest BCUT2D eigenvalue weighted by Crippen LogP contribution is 2.64. The van der Waals surface area contributed by atoms with Gasteiger partial charge in [0, 0.05) is 17.7 Å². The van der Waals surface area contributed by atoms with E-state index in [1.807, 2.05) is 65.6 Å². The van der Waals surface area contributed by atoms with Crippen LogP contribution < -0.4 is 10.1 Å². The monoisotopic (exact) mass is 658 g/mol. The summed E-state index contributed by atoms with van der Waals surface area (Å²) in [4.78, 5) is 44.7. The summed E-state index contributed by atoms with van der Waals surface area (Å²) in [6.45, 7) is -0.316. The molecular formula is C39H34N2O8. The van der Waals surface area contributed by atoms with Crippen molar-refractivity contribution in [1.29, 1.82) is 0 Å². The van der Waals surface area contributed by atoms with Gasteiger partial charge in [0.05, 0.1) is 25.3 Å². The number of amides is 1. The zero-order valence-corrected chi connectivity index (χ0v) is 26.4. The maximum atomic E-state index is 14.7. The Morgan fingerprint density at radius 1 is 0.857 bits per heavy atom. The summed E-state index contributed by atoms with van der Waals surface area (Å²) < 4.78 is 12.0. The van der Waals surface area contributed by atoms with Crippen molar-refractivity contribution in [2.75, 3.05) is 25.1 Å². The summed E-state index contributed by atoms with van der Waals surface area (Å²) in [7, 11) is 0. The molecule has 0 saturated carbocycles. The Kier molecular flexibility index (Phi) is 8.65. The number of ether oxygens (including phenoxy) is 2. The van der Waals surface area contributed by atoms with E-state index < -0.39 is 53.4 Å². The number of anilines is 1. The van der Waals surface area contributed by atoms with Crippen LogP contribution in [0.25, 0.3) is 0 Å². The predicted octanol–water partition coefficient (Wildman–Crippen LogP) is 4.15. The molecule has 6 atom stereocenters. The molecule has 0 aromatic heterocycles. The van der Waals surface area contributed by atoms with Crippen LogP contribution >= 0.6 is 0 Å². The third-order valence-corrected chi connectivity index (χ3v) is 9.58. The third-order valence-electron chi connectivity index (χ3n) is 9.58. The second-order valence-corrected chi connectivity index (χ2v) is 12.2. The molecule has 7 rings (SSSR count). The Balaban J connectivity index is 1.54. The number of carboxylic acids is 1. The number of aliphatic hydroxyl groups is 2. The first-order valence-electron chi connectivity index (χ1n) is 16.1. The number of cyclic esters (lactones) is 1. The topological polar surface area (TPSA) is 146 Å². The van der Waals surface area contributed by atoms with Crippen LogP contribution in [0.1, 0.15) is 52.4 Å². The van der Waals surface area contributed by atoms with Crippen molar-refractivity contribution in [3.63, 3.8) is 0 Å². The molecule has 1 amide bonds. The second-order valence-electron chi connectivity index (χ2n) is 12.2. The Bertz CT molecular complexity index is 1960. The van der Waals surface area contributed by atoms with Gasteiger partial charge in [-0.05, 0) is 52.6 Å². The van der Waals surface area contributed by atoms with Gasteiger partial charge in [0.2, 0.25) is 5.91 Å². The SMILES string of the molecule is O=C1OC(c2ccccc2)C(c2ccccc2)N2C1C(C(=O)O)C1(C(=O)Nc3ccc(C#CCCO)cc31)C2c1cccc(OCCO)c1. The van der Waals surface area contributed by atoms with Crippen molar-refractivity contribution in [1.82, 2.24) is 4.90 Å². The lowest BCUT2D eigenvalue weighted by Gasteiger charge is -2.46. The highest BCUT2D eigenvalue weighted by Gasteiger charge is 2.74. The van der Waals surface area contributed by atoms with E-state index in [0.29, 0.717) is 33.7 Å². The Morgan fingerprint density at radius 3 is 2.27 bits per heavy atom. The molecule has 6 unspecified atom stereocenters. The molecule has 4 N–H and O–H groups in total. The van der Waals surface area contributed by atoms with E-state index in [9.17, 15) is 29.7 Å². The lowest BCUT2D eigenvalue weighted by Crippen LogP contribution is -2.52. The number of aliphatic carboxylic acids is 1. The summed E-state index contributed by atoms with van der Waals surface area (Å²) in [5, 5.41) is 32.9. The molecule has 1 spiro atoms. The summed E-state index contributed by atoms with van der Waals surface area (Å²) >= 11 is 0. The zero-order chi connectivity index (χ0) is 34.1. The number of nitrogens with one attached hydrogen (secondary N) is 1. The highest BCUT2D eigenvalue weighted by molar-refractivity contribution is 6.11. The van der Waals surface area contributed by atoms with Gasteiger partial charge in [-0.25, -0.2) is 0 Å². The van der Waals surface area contributed by atoms with Crippen LogP contribution in [0.2, 0.25) is 0 Å². The van der Waals surface area contributed by atoms with Gasteiger partial charge in [-0.1, -0.05) is 84.6 Å². The number of rotatable bonds is 8. The van der Waals surface area contributed by atoms with Gasteiger partial charge < -0.3 is 30.1 Å². The molecule has 3 aliphatic heterocycles. The largest absolute Gasteiger partial charge is 0.491 e. The van der Waals surface area contributed by atoms with E-state index in [2.05, 4.69) is 17.2 Å². The molecule has 3 aliphatic rings. The highest BCUT2D eigenvalue weighted by atomic mass is 16.6. The van der Waals surface area contributed by atoms with E-state index in [4.69, 9.17) is 9.47 Å². The number of benzene rings is 4. The average molecular weight is 659 g/mol. The number of morpholine rings is 1. The van der Waals surface area contributed by atoms with Crippen molar-refractivity contribution in [3.8, 4) is 17.6 Å². The van der Waals surface area contributed by atoms with E-state index in [1.165, 1.54) is 0 Å². The number of aliphatic hydroxyl groups excluding tert-OH is 2. The minimum Gasteiger partial charge on any atom is -0.491 e. The predicted molar refractivity (Wildman–Crippen MR) is 178 cm³/mol. The maximum absolute atomic E-state index is 14.7. The molecule has 0 bridgehead atoms. The summed E-state index contributed by atoms with van der Waals surface area (Å²) in [5.41, 5.74) is 1.56. The first kappa shape index (κ1) is 32.1. The van der Waals surface area contributed by atoms with Crippen LogP contribution in [0.5, 0.6) is 5.75 Å². The molecule has 4 aromatic rings. The summed E-state index contributed by atoms with van der Waals surface area (Å²) in [6, 6.07) is 27.8. The number of esters is 1. The number of fused-ring (bicyclic) bond motifs is 3. The molecule has 49 heavy (non-hydrogen) atoms. The van der Waals surface area contributed by atoms with Gasteiger partial charge in [0.1, 0.15) is 35.8 Å². The lowest BCUT2D eigenvalue weighted by atomic mass is 9.65. The van der Waals surface area contributed by atoms with Gasteiger partial charge in [-0.15, -0.1) is 0 Å². The minimum atomic E-state index is -1.83. The third kappa shape index (κ3) is 5.33. The van der Waals surface area contributed by atoms with Crippen molar-refractivity contribution < 1.29 is 39.2 Å². The van der Waals surface area contributed by atoms with Crippen LogP contribution in [0.3, 0.4) is 0 Å². The van der Waals surface area contributed by atoms with Crippen molar-refractivity contribution >= 4 is 23.5 Å². The van der Waals surface area contributed by atoms with Crippen LogP contribution in [-0.2, 0) is 24.5 Å². The van der Waals surface area contributed by atoms with Crippen molar-refractivity contribution in [3.05, 3.63) is 131 Å². The van der Waals surface area contributed by atoms with Crippen LogP contribution in [0, 0.1) is 17.8 Å².